The fourth-order valence-electron chi connectivity index (χ4n) is 5.14. The van der Waals surface area contributed by atoms with Gasteiger partial charge in [-0.15, -0.1) is 0 Å². The Morgan fingerprint density at radius 1 is 0.800 bits per heavy atom. The second kappa shape index (κ2) is 10.1. The van der Waals surface area contributed by atoms with Gasteiger partial charge in [0.2, 0.25) is 0 Å². The molecule has 0 bridgehead atoms. The van der Waals surface area contributed by atoms with Gasteiger partial charge in [-0.3, -0.25) is 0 Å². The van der Waals surface area contributed by atoms with Crippen LogP contribution in [0.15, 0.2) is 60.7 Å². The highest BCUT2D eigenvalue weighted by molar-refractivity contribution is 5.66. The highest BCUT2D eigenvalue weighted by atomic mass is 16.6. The largest absolute Gasteiger partial charge is 0.486 e. The van der Waals surface area contributed by atoms with Crippen molar-refractivity contribution in [3.05, 3.63) is 77.6 Å². The number of nitrogens with zero attached hydrogens (tertiary/aromatic N) is 4. The molecule has 0 aliphatic carbocycles. The van der Waals surface area contributed by atoms with E-state index in [1.165, 1.54) is 56.4 Å². The fourth-order valence-corrected chi connectivity index (χ4v) is 5.14. The highest BCUT2D eigenvalue weighted by Crippen LogP contribution is 2.34. The van der Waals surface area contributed by atoms with E-state index in [1.807, 2.05) is 34.8 Å². The standard InChI is InChI=1S/C29H32N4O2/c1-2-15-32(16-3-1)17-5-6-22-9-11-23(12-10-22)20-28-30-29-8-4-7-25(33(29)31-28)24-13-14-26-27(21-24)35-19-18-34-26/h4,7-14,21H,1-3,5-6,15-20H2. The SMILES string of the molecule is c1cc(-c2ccc3c(c2)OCCO3)n2nc(Cc3ccc(CCCN4CCCCC4)cc3)nc2c1. The molecule has 2 aromatic heterocycles. The number of hydrogen-bond acceptors (Lipinski definition) is 5. The Labute approximate surface area is 206 Å². The van der Waals surface area contributed by atoms with E-state index in [-0.39, 0.29) is 0 Å². The Morgan fingerprint density at radius 2 is 1.60 bits per heavy atom. The van der Waals surface area contributed by atoms with Crippen LogP contribution in [0.5, 0.6) is 11.5 Å². The number of ether oxygens (including phenoxy) is 2. The van der Waals surface area contributed by atoms with Gasteiger partial charge >= 0.3 is 0 Å². The van der Waals surface area contributed by atoms with E-state index in [9.17, 15) is 0 Å². The first-order chi connectivity index (χ1) is 17.3. The Morgan fingerprint density at radius 3 is 2.46 bits per heavy atom. The molecule has 4 heterocycles. The van der Waals surface area contributed by atoms with Gasteiger partial charge in [-0.1, -0.05) is 36.8 Å². The van der Waals surface area contributed by atoms with Gasteiger partial charge in [0, 0.05) is 12.0 Å². The van der Waals surface area contributed by atoms with Crippen molar-refractivity contribution >= 4 is 5.65 Å². The van der Waals surface area contributed by atoms with E-state index in [2.05, 4.69) is 35.2 Å². The van der Waals surface area contributed by atoms with Crippen LogP contribution >= 0.6 is 0 Å². The maximum atomic E-state index is 5.77. The third kappa shape index (κ3) is 5.03. The van der Waals surface area contributed by atoms with Gasteiger partial charge in [0.15, 0.2) is 23.0 Å². The summed E-state index contributed by atoms with van der Waals surface area (Å²) in [6, 6.07) is 21.1. The van der Waals surface area contributed by atoms with Crippen molar-refractivity contribution < 1.29 is 9.47 Å². The summed E-state index contributed by atoms with van der Waals surface area (Å²) in [5, 5.41) is 4.85. The van der Waals surface area contributed by atoms with Crippen LogP contribution in [0.25, 0.3) is 16.9 Å². The summed E-state index contributed by atoms with van der Waals surface area (Å²) in [7, 11) is 0. The summed E-state index contributed by atoms with van der Waals surface area (Å²) in [5.74, 6) is 2.40. The maximum absolute atomic E-state index is 5.77. The van der Waals surface area contributed by atoms with Gasteiger partial charge < -0.3 is 14.4 Å². The van der Waals surface area contributed by atoms with E-state index in [0.29, 0.717) is 13.2 Å². The zero-order valence-corrected chi connectivity index (χ0v) is 20.2. The van der Waals surface area contributed by atoms with E-state index >= 15 is 0 Å². The fraction of sp³-hybridized carbons (Fsp3) is 0.379. The van der Waals surface area contributed by atoms with Gasteiger partial charge in [-0.2, -0.15) is 5.10 Å². The van der Waals surface area contributed by atoms with Crippen molar-refractivity contribution in [2.75, 3.05) is 32.8 Å². The van der Waals surface area contributed by atoms with E-state index in [4.69, 9.17) is 19.6 Å². The molecule has 2 aromatic carbocycles. The predicted molar refractivity (Wildman–Crippen MR) is 137 cm³/mol. The first kappa shape index (κ1) is 22.1. The van der Waals surface area contributed by atoms with Crippen LogP contribution < -0.4 is 9.47 Å². The van der Waals surface area contributed by atoms with Crippen molar-refractivity contribution in [2.24, 2.45) is 0 Å². The van der Waals surface area contributed by atoms with Crippen molar-refractivity contribution in [3.8, 4) is 22.8 Å². The first-order valence-corrected chi connectivity index (χ1v) is 12.9. The molecule has 6 rings (SSSR count). The molecule has 0 N–H and O–H groups in total. The Balaban J connectivity index is 1.14. The minimum Gasteiger partial charge on any atom is -0.486 e. The van der Waals surface area contributed by atoms with Gasteiger partial charge in [0.05, 0.1) is 5.69 Å². The predicted octanol–water partition coefficient (Wildman–Crippen LogP) is 5.18. The number of likely N-dealkylation sites (tertiary alicyclic amines) is 1. The number of aromatic nitrogens is 3. The van der Waals surface area contributed by atoms with Gasteiger partial charge in [-0.05, 0) is 86.8 Å². The molecule has 35 heavy (non-hydrogen) atoms. The minimum absolute atomic E-state index is 0.575. The molecule has 1 saturated heterocycles. The lowest BCUT2D eigenvalue weighted by Gasteiger charge is -2.26. The molecule has 2 aliphatic heterocycles. The molecule has 0 atom stereocenters. The number of pyridine rings is 1. The third-order valence-electron chi connectivity index (χ3n) is 7.02. The van der Waals surface area contributed by atoms with Crippen molar-refractivity contribution in [1.82, 2.24) is 19.5 Å². The van der Waals surface area contributed by atoms with E-state index < -0.39 is 0 Å². The lowest BCUT2D eigenvalue weighted by atomic mass is 10.0. The summed E-state index contributed by atoms with van der Waals surface area (Å²) >= 11 is 0. The average Bonchev–Trinajstić information content (AvgIpc) is 3.32. The van der Waals surface area contributed by atoms with Crippen molar-refractivity contribution in [1.29, 1.82) is 0 Å². The molecular formula is C29H32N4O2. The quantitative estimate of drug-likeness (QED) is 0.374. The highest BCUT2D eigenvalue weighted by Gasteiger charge is 2.15. The number of rotatable bonds is 7. The molecule has 180 valence electrons. The van der Waals surface area contributed by atoms with Crippen LogP contribution in [0.1, 0.15) is 42.6 Å². The Bertz CT molecular complexity index is 1290. The number of fused-ring (bicyclic) bond motifs is 2. The summed E-state index contributed by atoms with van der Waals surface area (Å²) in [5.41, 5.74) is 5.52. The molecule has 6 nitrogen and oxygen atoms in total. The average molecular weight is 469 g/mol. The second-order valence-electron chi connectivity index (χ2n) is 9.57. The minimum atomic E-state index is 0.575. The van der Waals surface area contributed by atoms with Gasteiger partial charge in [-0.25, -0.2) is 9.50 Å². The van der Waals surface area contributed by atoms with Crippen LogP contribution in [0, 0.1) is 0 Å². The van der Waals surface area contributed by atoms with Crippen molar-refractivity contribution in [2.45, 2.75) is 38.5 Å². The Hall–Kier alpha value is -3.38. The molecule has 0 radical (unpaired) electrons. The van der Waals surface area contributed by atoms with Crippen LogP contribution in [0.3, 0.4) is 0 Å². The molecule has 0 unspecified atom stereocenters. The lowest BCUT2D eigenvalue weighted by molar-refractivity contribution is 0.171. The summed E-state index contributed by atoms with van der Waals surface area (Å²) in [6.07, 6.45) is 7.22. The topological polar surface area (TPSA) is 51.9 Å². The number of piperidine rings is 1. The molecule has 0 amide bonds. The first-order valence-electron chi connectivity index (χ1n) is 12.9. The monoisotopic (exact) mass is 468 g/mol. The lowest BCUT2D eigenvalue weighted by Crippen LogP contribution is -2.30. The van der Waals surface area contributed by atoms with Gasteiger partial charge in [0.25, 0.3) is 0 Å². The normalized spacial score (nSPS) is 16.0. The number of benzene rings is 2. The van der Waals surface area contributed by atoms with Crippen LogP contribution in [-0.2, 0) is 12.8 Å². The van der Waals surface area contributed by atoms with Crippen LogP contribution in [0.4, 0.5) is 0 Å². The van der Waals surface area contributed by atoms with Crippen LogP contribution in [-0.4, -0.2) is 52.3 Å². The molecule has 2 aliphatic rings. The zero-order chi connectivity index (χ0) is 23.5. The Kier molecular flexibility index (Phi) is 6.37. The molecular weight excluding hydrogens is 436 g/mol. The number of aryl methyl sites for hydroxylation is 1. The third-order valence-corrected chi connectivity index (χ3v) is 7.02. The van der Waals surface area contributed by atoms with Crippen molar-refractivity contribution in [3.63, 3.8) is 0 Å². The molecule has 1 fully saturated rings. The zero-order valence-electron chi connectivity index (χ0n) is 20.2. The smallest absolute Gasteiger partial charge is 0.162 e. The molecule has 6 heteroatoms. The maximum Gasteiger partial charge on any atom is 0.162 e. The molecule has 0 saturated carbocycles. The van der Waals surface area contributed by atoms with Crippen LogP contribution in [0.2, 0.25) is 0 Å². The summed E-state index contributed by atoms with van der Waals surface area (Å²) in [4.78, 5) is 7.41. The summed E-state index contributed by atoms with van der Waals surface area (Å²) < 4.78 is 13.4. The van der Waals surface area contributed by atoms with E-state index in [1.54, 1.807) is 0 Å². The van der Waals surface area contributed by atoms with Gasteiger partial charge in [0.1, 0.15) is 13.2 Å². The number of hydrogen-bond donors (Lipinski definition) is 0. The second-order valence-corrected chi connectivity index (χ2v) is 9.57. The van der Waals surface area contributed by atoms with E-state index in [0.717, 1.165) is 47.1 Å². The molecule has 0 spiro atoms. The summed E-state index contributed by atoms with van der Waals surface area (Å²) in [6.45, 7) is 4.95. The molecule has 4 aromatic rings.